The minimum atomic E-state index is -0.538. The molecule has 0 aliphatic heterocycles. The Bertz CT molecular complexity index is 903. The molecule has 0 unspecified atom stereocenters. The molecule has 0 bridgehead atoms. The molecule has 0 atom stereocenters. The van der Waals surface area contributed by atoms with E-state index in [1.165, 1.54) is 18.2 Å². The number of nitrogens with zero attached hydrogens (tertiary/aromatic N) is 5. The van der Waals surface area contributed by atoms with Crippen molar-refractivity contribution in [3.05, 3.63) is 58.4 Å². The summed E-state index contributed by atoms with van der Waals surface area (Å²) in [4.78, 5) is 19.0. The van der Waals surface area contributed by atoms with Crippen molar-refractivity contribution in [2.75, 3.05) is 0 Å². The van der Waals surface area contributed by atoms with Crippen molar-refractivity contribution in [1.82, 2.24) is 20.2 Å². The molecule has 0 aliphatic rings. The molecule has 2 heterocycles. The highest BCUT2D eigenvalue weighted by Crippen LogP contribution is 2.31. The van der Waals surface area contributed by atoms with E-state index in [0.29, 0.717) is 15.9 Å². The van der Waals surface area contributed by atoms with Gasteiger partial charge in [-0.3, -0.25) is 20.2 Å². The highest BCUT2D eigenvalue weighted by molar-refractivity contribution is 7.99. The second-order valence-corrected chi connectivity index (χ2v) is 5.36. The minimum absolute atomic E-state index is 0.127. The van der Waals surface area contributed by atoms with Gasteiger partial charge in [0.05, 0.1) is 10.5 Å². The van der Waals surface area contributed by atoms with Gasteiger partial charge in [-0.05, 0) is 30.0 Å². The molecule has 3 rings (SSSR count). The van der Waals surface area contributed by atoms with Crippen LogP contribution in [0.15, 0.2) is 52.8 Å². The van der Waals surface area contributed by atoms with Gasteiger partial charge in [0.2, 0.25) is 5.16 Å². The molecule has 0 saturated heterocycles. The second-order valence-electron chi connectivity index (χ2n) is 4.35. The number of rotatable bonds is 4. The van der Waals surface area contributed by atoms with Gasteiger partial charge < -0.3 is 0 Å². The number of benzene rings is 1. The van der Waals surface area contributed by atoms with E-state index in [2.05, 4.69) is 20.2 Å². The van der Waals surface area contributed by atoms with Crippen molar-refractivity contribution in [2.24, 2.45) is 0 Å². The molecule has 0 amide bonds. The highest BCUT2D eigenvalue weighted by atomic mass is 32.2. The zero-order chi connectivity index (χ0) is 16.2. The van der Waals surface area contributed by atoms with Gasteiger partial charge in [0.15, 0.2) is 5.82 Å². The molecule has 0 aliphatic carbocycles. The molecular formula is C14H8N6O2S. The quantitative estimate of drug-likeness (QED) is 0.578. The first-order valence-electron chi connectivity index (χ1n) is 6.36. The van der Waals surface area contributed by atoms with Gasteiger partial charge in [-0.15, -0.1) is 5.10 Å². The summed E-state index contributed by atoms with van der Waals surface area (Å²) in [5.41, 5.74) is 0.918. The molecule has 0 radical (unpaired) electrons. The van der Waals surface area contributed by atoms with Gasteiger partial charge in [0, 0.05) is 35.0 Å². The summed E-state index contributed by atoms with van der Waals surface area (Å²) in [6, 6.07) is 9.64. The third-order valence-corrected chi connectivity index (χ3v) is 3.86. The molecule has 2 aromatic heterocycles. The van der Waals surface area contributed by atoms with Crippen LogP contribution in [-0.2, 0) is 0 Å². The standard InChI is InChI=1S/C14H8N6O2S/c15-8-10-7-11(20(21)22)1-2-12(10)23-14-17-13(18-19-14)9-3-5-16-6-4-9/h1-7H,(H,17,18,19). The molecule has 112 valence electrons. The molecular weight excluding hydrogens is 316 g/mol. The smallest absolute Gasteiger partial charge is 0.265 e. The van der Waals surface area contributed by atoms with E-state index in [4.69, 9.17) is 5.26 Å². The van der Waals surface area contributed by atoms with Crippen molar-refractivity contribution in [3.63, 3.8) is 0 Å². The number of H-pyrrole nitrogens is 1. The second kappa shape index (κ2) is 6.25. The van der Waals surface area contributed by atoms with E-state index in [-0.39, 0.29) is 11.3 Å². The number of nitrogens with one attached hydrogen (secondary N) is 1. The van der Waals surface area contributed by atoms with Crippen molar-refractivity contribution in [2.45, 2.75) is 10.1 Å². The maximum absolute atomic E-state index is 10.8. The number of non-ortho nitro benzene ring substituents is 1. The minimum Gasteiger partial charge on any atom is -0.265 e. The van der Waals surface area contributed by atoms with Crippen LogP contribution in [-0.4, -0.2) is 25.1 Å². The van der Waals surface area contributed by atoms with Gasteiger partial charge in [-0.25, -0.2) is 4.98 Å². The summed E-state index contributed by atoms with van der Waals surface area (Å²) in [7, 11) is 0. The van der Waals surface area contributed by atoms with Crippen LogP contribution in [0.2, 0.25) is 0 Å². The predicted molar refractivity (Wildman–Crippen MR) is 81.5 cm³/mol. The summed E-state index contributed by atoms with van der Waals surface area (Å²) in [6.45, 7) is 0. The molecule has 0 fully saturated rings. The van der Waals surface area contributed by atoms with Gasteiger partial charge in [0.1, 0.15) is 6.07 Å². The van der Waals surface area contributed by atoms with E-state index < -0.39 is 4.92 Å². The largest absolute Gasteiger partial charge is 0.270 e. The lowest BCUT2D eigenvalue weighted by Crippen LogP contribution is -1.90. The van der Waals surface area contributed by atoms with Gasteiger partial charge in [0.25, 0.3) is 5.69 Å². The molecule has 23 heavy (non-hydrogen) atoms. The Labute approximate surface area is 134 Å². The third-order valence-electron chi connectivity index (χ3n) is 2.91. The maximum Gasteiger partial charge on any atom is 0.270 e. The van der Waals surface area contributed by atoms with Crippen LogP contribution in [0.4, 0.5) is 5.69 Å². The molecule has 9 heteroatoms. The Morgan fingerprint density at radius 3 is 2.74 bits per heavy atom. The molecule has 0 spiro atoms. The first kappa shape index (κ1) is 14.7. The van der Waals surface area contributed by atoms with E-state index in [1.807, 2.05) is 6.07 Å². The number of pyridine rings is 1. The first-order chi connectivity index (χ1) is 11.2. The van der Waals surface area contributed by atoms with E-state index in [1.54, 1.807) is 24.5 Å². The molecule has 0 saturated carbocycles. The van der Waals surface area contributed by atoms with E-state index >= 15 is 0 Å². The Morgan fingerprint density at radius 1 is 1.26 bits per heavy atom. The fourth-order valence-electron chi connectivity index (χ4n) is 1.84. The molecule has 8 nitrogen and oxygen atoms in total. The fourth-order valence-corrected chi connectivity index (χ4v) is 2.61. The Balaban J connectivity index is 1.87. The van der Waals surface area contributed by atoms with Crippen molar-refractivity contribution < 1.29 is 4.92 Å². The number of hydrogen-bond donors (Lipinski definition) is 1. The SMILES string of the molecule is N#Cc1cc([N+](=O)[O-])ccc1Sc1n[nH]c(-c2ccncc2)n1. The summed E-state index contributed by atoms with van der Waals surface area (Å²) in [6.07, 6.45) is 3.30. The van der Waals surface area contributed by atoms with Crippen molar-refractivity contribution in [3.8, 4) is 17.5 Å². The first-order valence-corrected chi connectivity index (χ1v) is 7.18. The maximum atomic E-state index is 10.8. The predicted octanol–water partition coefficient (Wildman–Crippen LogP) is 2.80. The normalized spacial score (nSPS) is 10.2. The Morgan fingerprint density at radius 2 is 2.04 bits per heavy atom. The van der Waals surface area contributed by atoms with Crippen LogP contribution in [0, 0.1) is 21.4 Å². The lowest BCUT2D eigenvalue weighted by atomic mass is 10.2. The monoisotopic (exact) mass is 324 g/mol. The van der Waals surface area contributed by atoms with Crippen LogP contribution in [0.25, 0.3) is 11.4 Å². The third kappa shape index (κ3) is 3.17. The van der Waals surface area contributed by atoms with E-state index in [0.717, 1.165) is 17.3 Å². The lowest BCUT2D eigenvalue weighted by molar-refractivity contribution is -0.384. The molecule has 1 aromatic carbocycles. The number of aromatic nitrogens is 4. The molecule has 3 aromatic rings. The van der Waals surface area contributed by atoms with E-state index in [9.17, 15) is 10.1 Å². The lowest BCUT2D eigenvalue weighted by Gasteiger charge is -2.00. The Hall–Kier alpha value is -3.25. The number of nitro benzene ring substituents is 1. The zero-order valence-corrected chi connectivity index (χ0v) is 12.3. The molecule has 1 N–H and O–H groups in total. The van der Waals surface area contributed by atoms with Crippen LogP contribution >= 0.6 is 11.8 Å². The van der Waals surface area contributed by atoms with Crippen molar-refractivity contribution in [1.29, 1.82) is 5.26 Å². The van der Waals surface area contributed by atoms with Crippen LogP contribution < -0.4 is 0 Å². The fraction of sp³-hybridized carbons (Fsp3) is 0. The summed E-state index contributed by atoms with van der Waals surface area (Å²) in [5, 5.41) is 27.2. The number of nitriles is 1. The van der Waals surface area contributed by atoms with Crippen LogP contribution in [0.5, 0.6) is 0 Å². The van der Waals surface area contributed by atoms with Crippen LogP contribution in [0.3, 0.4) is 0 Å². The number of nitro groups is 1. The topological polar surface area (TPSA) is 121 Å². The van der Waals surface area contributed by atoms with Gasteiger partial charge in [-0.1, -0.05) is 0 Å². The average Bonchev–Trinajstić information content (AvgIpc) is 3.04. The summed E-state index contributed by atoms with van der Waals surface area (Å²) < 4.78 is 0. The average molecular weight is 324 g/mol. The van der Waals surface area contributed by atoms with Crippen LogP contribution in [0.1, 0.15) is 5.56 Å². The van der Waals surface area contributed by atoms with Crippen molar-refractivity contribution >= 4 is 17.4 Å². The summed E-state index contributed by atoms with van der Waals surface area (Å²) >= 11 is 1.16. The summed E-state index contributed by atoms with van der Waals surface area (Å²) in [5.74, 6) is 0.579. The van der Waals surface area contributed by atoms with Gasteiger partial charge >= 0.3 is 0 Å². The zero-order valence-electron chi connectivity index (χ0n) is 11.5. The van der Waals surface area contributed by atoms with Gasteiger partial charge in [-0.2, -0.15) is 5.26 Å². The number of aromatic amines is 1. The highest BCUT2D eigenvalue weighted by Gasteiger charge is 2.14. The Kier molecular flexibility index (Phi) is 3.99. The number of hydrogen-bond acceptors (Lipinski definition) is 7.